The molecular formula is C18H24N4O. The van der Waals surface area contributed by atoms with Gasteiger partial charge in [-0.15, -0.1) is 0 Å². The van der Waals surface area contributed by atoms with Gasteiger partial charge in [-0.25, -0.2) is 4.98 Å². The minimum atomic E-state index is 0.229. The van der Waals surface area contributed by atoms with E-state index in [1.807, 2.05) is 24.4 Å². The second-order valence-electron chi connectivity index (χ2n) is 6.80. The molecule has 5 nitrogen and oxygen atoms in total. The van der Waals surface area contributed by atoms with Crippen molar-refractivity contribution in [1.82, 2.24) is 19.2 Å². The SMILES string of the molecule is CC(=O)N1CCC[C@@H]1[C@@H]1CCCN1Cc1cn2ccccc2n1. The Morgan fingerprint density at radius 3 is 2.87 bits per heavy atom. The third-order valence-corrected chi connectivity index (χ3v) is 5.34. The van der Waals surface area contributed by atoms with Crippen LogP contribution in [-0.4, -0.2) is 50.3 Å². The zero-order valence-electron chi connectivity index (χ0n) is 13.7. The van der Waals surface area contributed by atoms with Crippen molar-refractivity contribution in [3.8, 4) is 0 Å². The zero-order chi connectivity index (χ0) is 15.8. The molecule has 0 radical (unpaired) electrons. The molecule has 2 saturated heterocycles. The number of imidazole rings is 1. The fourth-order valence-corrected chi connectivity index (χ4v) is 4.34. The van der Waals surface area contributed by atoms with Crippen LogP contribution < -0.4 is 0 Å². The van der Waals surface area contributed by atoms with Gasteiger partial charge in [0.1, 0.15) is 5.65 Å². The van der Waals surface area contributed by atoms with Crippen molar-refractivity contribution >= 4 is 11.6 Å². The van der Waals surface area contributed by atoms with Gasteiger partial charge in [0.15, 0.2) is 0 Å². The molecule has 2 fully saturated rings. The Labute approximate surface area is 136 Å². The Morgan fingerprint density at radius 2 is 2.04 bits per heavy atom. The summed E-state index contributed by atoms with van der Waals surface area (Å²) in [5.74, 6) is 0.229. The molecule has 4 heterocycles. The van der Waals surface area contributed by atoms with Crippen LogP contribution in [0.15, 0.2) is 30.6 Å². The highest BCUT2D eigenvalue weighted by atomic mass is 16.2. The first-order chi connectivity index (χ1) is 11.2. The lowest BCUT2D eigenvalue weighted by Crippen LogP contribution is -2.47. The van der Waals surface area contributed by atoms with E-state index in [9.17, 15) is 4.79 Å². The molecule has 1 amide bonds. The largest absolute Gasteiger partial charge is 0.338 e. The number of hydrogen-bond acceptors (Lipinski definition) is 3. The summed E-state index contributed by atoms with van der Waals surface area (Å²) in [6.07, 6.45) is 8.88. The number of nitrogens with zero attached hydrogens (tertiary/aromatic N) is 4. The topological polar surface area (TPSA) is 40.9 Å². The molecule has 2 aliphatic heterocycles. The van der Waals surface area contributed by atoms with Crippen LogP contribution in [0.25, 0.3) is 5.65 Å². The Hall–Kier alpha value is -1.88. The summed E-state index contributed by atoms with van der Waals surface area (Å²) in [4.78, 5) is 21.2. The number of carbonyl (C=O) groups excluding carboxylic acids is 1. The van der Waals surface area contributed by atoms with Gasteiger partial charge in [-0.2, -0.15) is 0 Å². The van der Waals surface area contributed by atoms with Gasteiger partial charge < -0.3 is 9.30 Å². The number of pyridine rings is 1. The van der Waals surface area contributed by atoms with Crippen molar-refractivity contribution in [2.45, 2.75) is 51.2 Å². The number of amides is 1. The predicted molar refractivity (Wildman–Crippen MR) is 89.0 cm³/mol. The molecular weight excluding hydrogens is 288 g/mol. The van der Waals surface area contributed by atoms with Gasteiger partial charge in [0, 0.05) is 44.5 Å². The van der Waals surface area contributed by atoms with E-state index in [2.05, 4.69) is 20.4 Å². The van der Waals surface area contributed by atoms with E-state index in [0.717, 1.165) is 43.8 Å². The third kappa shape index (κ3) is 2.74. The highest BCUT2D eigenvalue weighted by Crippen LogP contribution is 2.31. The zero-order valence-corrected chi connectivity index (χ0v) is 13.7. The van der Waals surface area contributed by atoms with E-state index in [4.69, 9.17) is 4.98 Å². The van der Waals surface area contributed by atoms with Crippen LogP contribution >= 0.6 is 0 Å². The maximum absolute atomic E-state index is 11.9. The lowest BCUT2D eigenvalue weighted by molar-refractivity contribution is -0.130. The maximum atomic E-state index is 11.9. The second-order valence-corrected chi connectivity index (χ2v) is 6.80. The summed E-state index contributed by atoms with van der Waals surface area (Å²) in [6.45, 7) is 4.63. The normalized spacial score (nSPS) is 25.5. The van der Waals surface area contributed by atoms with Crippen molar-refractivity contribution in [3.05, 3.63) is 36.3 Å². The highest BCUT2D eigenvalue weighted by Gasteiger charge is 2.38. The number of fused-ring (bicyclic) bond motifs is 1. The Balaban J connectivity index is 1.52. The first-order valence-electron chi connectivity index (χ1n) is 8.66. The van der Waals surface area contributed by atoms with Gasteiger partial charge >= 0.3 is 0 Å². The molecule has 0 unspecified atom stereocenters. The number of carbonyl (C=O) groups is 1. The van der Waals surface area contributed by atoms with Crippen molar-refractivity contribution in [2.75, 3.05) is 13.1 Å². The Bertz CT molecular complexity index is 677. The van der Waals surface area contributed by atoms with E-state index >= 15 is 0 Å². The Morgan fingerprint density at radius 1 is 1.22 bits per heavy atom. The summed E-state index contributed by atoms with van der Waals surface area (Å²) < 4.78 is 2.08. The average molecular weight is 312 g/mol. The molecule has 2 aromatic heterocycles. The predicted octanol–water partition coefficient (Wildman–Crippen LogP) is 2.31. The van der Waals surface area contributed by atoms with E-state index in [1.54, 1.807) is 6.92 Å². The highest BCUT2D eigenvalue weighted by molar-refractivity contribution is 5.74. The van der Waals surface area contributed by atoms with Gasteiger partial charge in [0.05, 0.1) is 5.69 Å². The number of hydrogen-bond donors (Lipinski definition) is 0. The van der Waals surface area contributed by atoms with Gasteiger partial charge in [-0.05, 0) is 44.4 Å². The van der Waals surface area contributed by atoms with Crippen LogP contribution in [0.3, 0.4) is 0 Å². The summed E-state index contributed by atoms with van der Waals surface area (Å²) in [5, 5.41) is 0. The molecule has 0 saturated carbocycles. The van der Waals surface area contributed by atoms with Crippen molar-refractivity contribution < 1.29 is 4.79 Å². The molecule has 0 spiro atoms. The number of rotatable bonds is 3. The minimum Gasteiger partial charge on any atom is -0.338 e. The molecule has 122 valence electrons. The summed E-state index contributed by atoms with van der Waals surface area (Å²) >= 11 is 0. The number of aromatic nitrogens is 2. The molecule has 0 N–H and O–H groups in total. The Kier molecular flexibility index (Phi) is 3.81. The van der Waals surface area contributed by atoms with Crippen LogP contribution in [0, 0.1) is 0 Å². The molecule has 0 aromatic carbocycles. The monoisotopic (exact) mass is 312 g/mol. The first kappa shape index (κ1) is 14.7. The molecule has 2 aromatic rings. The lowest BCUT2D eigenvalue weighted by Gasteiger charge is -2.34. The molecule has 2 atom stereocenters. The fourth-order valence-electron chi connectivity index (χ4n) is 4.34. The smallest absolute Gasteiger partial charge is 0.219 e. The quantitative estimate of drug-likeness (QED) is 0.873. The van der Waals surface area contributed by atoms with Gasteiger partial charge in [-0.3, -0.25) is 9.69 Å². The fraction of sp³-hybridized carbons (Fsp3) is 0.556. The molecule has 0 aliphatic carbocycles. The summed E-state index contributed by atoms with van der Waals surface area (Å²) in [7, 11) is 0. The van der Waals surface area contributed by atoms with Gasteiger partial charge in [0.2, 0.25) is 5.91 Å². The maximum Gasteiger partial charge on any atom is 0.219 e. The van der Waals surface area contributed by atoms with E-state index in [1.165, 1.54) is 12.8 Å². The minimum absolute atomic E-state index is 0.229. The third-order valence-electron chi connectivity index (χ3n) is 5.34. The van der Waals surface area contributed by atoms with Crippen molar-refractivity contribution in [3.63, 3.8) is 0 Å². The van der Waals surface area contributed by atoms with Gasteiger partial charge in [-0.1, -0.05) is 6.07 Å². The van der Waals surface area contributed by atoms with E-state index < -0.39 is 0 Å². The summed E-state index contributed by atoms with van der Waals surface area (Å²) in [5.41, 5.74) is 2.12. The first-order valence-corrected chi connectivity index (χ1v) is 8.66. The van der Waals surface area contributed by atoms with E-state index in [-0.39, 0.29) is 5.91 Å². The van der Waals surface area contributed by atoms with Gasteiger partial charge in [0.25, 0.3) is 0 Å². The molecule has 23 heavy (non-hydrogen) atoms. The molecule has 4 rings (SSSR count). The molecule has 0 bridgehead atoms. The number of likely N-dealkylation sites (tertiary alicyclic amines) is 2. The van der Waals surface area contributed by atoms with Crippen molar-refractivity contribution in [1.29, 1.82) is 0 Å². The van der Waals surface area contributed by atoms with Crippen LogP contribution in [0.2, 0.25) is 0 Å². The van der Waals surface area contributed by atoms with Crippen LogP contribution in [0.1, 0.15) is 38.3 Å². The van der Waals surface area contributed by atoms with Crippen LogP contribution in [-0.2, 0) is 11.3 Å². The van der Waals surface area contributed by atoms with E-state index in [0.29, 0.717) is 12.1 Å². The van der Waals surface area contributed by atoms with Crippen molar-refractivity contribution in [2.24, 2.45) is 0 Å². The average Bonchev–Trinajstić information content (AvgIpc) is 3.25. The lowest BCUT2D eigenvalue weighted by atomic mass is 10.0. The second kappa shape index (κ2) is 5.96. The van der Waals surface area contributed by atoms with Crippen LogP contribution in [0.4, 0.5) is 0 Å². The molecule has 2 aliphatic rings. The van der Waals surface area contributed by atoms with Crippen LogP contribution in [0.5, 0.6) is 0 Å². The standard InChI is InChI=1S/C18H24N4O/c1-14(23)22-11-5-7-17(22)16-6-4-10-20(16)12-15-13-21-9-3-2-8-18(21)19-15/h2-3,8-9,13,16-17H,4-7,10-12H2,1H3/t16-,17+/m0/s1. The molecule has 5 heteroatoms. The summed E-state index contributed by atoms with van der Waals surface area (Å²) in [6, 6.07) is 6.98.